The zero-order valence-corrected chi connectivity index (χ0v) is 20.7. The number of carbonyl (C=O) groups is 1. The van der Waals surface area contributed by atoms with E-state index < -0.39 is 0 Å². The second-order valence-electron chi connectivity index (χ2n) is 7.28. The van der Waals surface area contributed by atoms with E-state index in [-0.39, 0.29) is 24.7 Å². The normalized spacial score (nSPS) is 10.8. The first-order valence-corrected chi connectivity index (χ1v) is 10.7. The number of rotatable bonds is 8. The van der Waals surface area contributed by atoms with Crippen LogP contribution in [0.4, 0.5) is 5.13 Å². The first-order valence-electron chi connectivity index (χ1n) is 9.55. The van der Waals surface area contributed by atoms with Crippen LogP contribution < -0.4 is 14.4 Å². The van der Waals surface area contributed by atoms with E-state index in [1.807, 2.05) is 56.3 Å². The molecule has 0 N–H and O–H groups in total. The Hall–Kier alpha value is -2.06. The molecular weight excluding hydrogens is 457 g/mol. The summed E-state index contributed by atoms with van der Waals surface area (Å²) < 4.78 is 11.6. The Balaban J connectivity index is 0.00000341. The van der Waals surface area contributed by atoms with E-state index in [0.29, 0.717) is 28.2 Å². The number of benzene rings is 2. The van der Waals surface area contributed by atoms with Crippen molar-refractivity contribution in [3.63, 3.8) is 0 Å². The molecule has 0 saturated carbocycles. The minimum Gasteiger partial charge on any atom is -0.493 e. The maximum atomic E-state index is 13.3. The Labute approximate surface area is 198 Å². The lowest BCUT2D eigenvalue weighted by Crippen LogP contribution is -2.37. The number of halogens is 2. The molecule has 6 nitrogen and oxygen atoms in total. The predicted octanol–water partition coefficient (Wildman–Crippen LogP) is 4.83. The number of likely N-dealkylation sites (N-methyl/N-ethyl adjacent to an activating group) is 1. The number of aromatic nitrogens is 1. The molecule has 1 heterocycles. The predicted molar refractivity (Wildman–Crippen MR) is 131 cm³/mol. The van der Waals surface area contributed by atoms with Crippen LogP contribution in [0.2, 0.25) is 5.02 Å². The molecule has 2 aromatic carbocycles. The maximum absolute atomic E-state index is 13.3. The summed E-state index contributed by atoms with van der Waals surface area (Å²) in [6.07, 6.45) is 0.240. The number of methoxy groups -OCH3 is 2. The fourth-order valence-corrected chi connectivity index (χ4v) is 4.61. The van der Waals surface area contributed by atoms with Gasteiger partial charge in [0.15, 0.2) is 16.6 Å². The summed E-state index contributed by atoms with van der Waals surface area (Å²) in [6.45, 7) is 3.26. The third kappa shape index (κ3) is 6.01. The fourth-order valence-electron chi connectivity index (χ4n) is 3.15. The number of fused-ring (bicyclic) bond motifs is 1. The second kappa shape index (κ2) is 11.0. The van der Waals surface area contributed by atoms with Crippen molar-refractivity contribution >= 4 is 56.6 Å². The zero-order chi connectivity index (χ0) is 21.8. The highest BCUT2D eigenvalue weighted by Crippen LogP contribution is 2.34. The standard InChI is InChI=1S/C22H26ClN3O3S.ClH/c1-14-10-16(23)13-19-21(14)24-22(30-19)26(9-8-25(2)3)20(27)12-15-6-7-17(28-4)18(11-15)29-5;/h6-7,10-11,13H,8-9,12H2,1-5H3;1H. The van der Waals surface area contributed by atoms with Crippen LogP contribution in [0.1, 0.15) is 11.1 Å². The van der Waals surface area contributed by atoms with E-state index in [4.69, 9.17) is 26.1 Å². The highest BCUT2D eigenvalue weighted by atomic mass is 35.5. The van der Waals surface area contributed by atoms with Crippen molar-refractivity contribution in [1.29, 1.82) is 0 Å². The average molecular weight is 484 g/mol. The molecule has 0 saturated heterocycles. The summed E-state index contributed by atoms with van der Waals surface area (Å²) in [4.78, 5) is 21.8. The Morgan fingerprint density at radius 3 is 2.45 bits per heavy atom. The van der Waals surface area contributed by atoms with Crippen LogP contribution in [0, 0.1) is 6.92 Å². The molecule has 31 heavy (non-hydrogen) atoms. The van der Waals surface area contributed by atoms with Crippen LogP contribution in [0.25, 0.3) is 10.2 Å². The SMILES string of the molecule is COc1ccc(CC(=O)N(CCN(C)C)c2nc3c(C)cc(Cl)cc3s2)cc1OC.Cl. The third-order valence-electron chi connectivity index (χ3n) is 4.75. The number of amides is 1. The molecule has 168 valence electrons. The molecule has 0 aliphatic heterocycles. The van der Waals surface area contributed by atoms with Gasteiger partial charge in [0.2, 0.25) is 5.91 Å². The minimum atomic E-state index is -0.0214. The molecule has 0 spiro atoms. The number of aryl methyl sites for hydroxylation is 1. The highest BCUT2D eigenvalue weighted by Gasteiger charge is 2.21. The second-order valence-corrected chi connectivity index (χ2v) is 8.73. The van der Waals surface area contributed by atoms with Crippen LogP contribution in [0.5, 0.6) is 11.5 Å². The Kier molecular flexibility index (Phi) is 8.94. The van der Waals surface area contributed by atoms with E-state index in [1.165, 1.54) is 11.3 Å². The molecule has 3 rings (SSSR count). The molecule has 0 aliphatic rings. The number of anilines is 1. The summed E-state index contributed by atoms with van der Waals surface area (Å²) in [6, 6.07) is 9.32. The Morgan fingerprint density at radius 1 is 1.10 bits per heavy atom. The van der Waals surface area contributed by atoms with Gasteiger partial charge in [-0.25, -0.2) is 4.98 Å². The monoisotopic (exact) mass is 483 g/mol. The molecule has 9 heteroatoms. The number of nitrogens with zero attached hydrogens (tertiary/aromatic N) is 3. The highest BCUT2D eigenvalue weighted by molar-refractivity contribution is 7.22. The molecule has 0 unspecified atom stereocenters. The quantitative estimate of drug-likeness (QED) is 0.458. The molecule has 3 aromatic rings. The van der Waals surface area contributed by atoms with Gasteiger partial charge in [-0.15, -0.1) is 12.4 Å². The summed E-state index contributed by atoms with van der Waals surface area (Å²) in [7, 11) is 7.15. The van der Waals surface area contributed by atoms with Crippen molar-refractivity contribution in [2.24, 2.45) is 0 Å². The van der Waals surface area contributed by atoms with Gasteiger partial charge in [-0.1, -0.05) is 29.0 Å². The molecule has 0 aliphatic carbocycles. The van der Waals surface area contributed by atoms with Gasteiger partial charge in [0.05, 0.1) is 30.9 Å². The van der Waals surface area contributed by atoms with Crippen molar-refractivity contribution in [3.8, 4) is 11.5 Å². The minimum absolute atomic E-state index is 0. The number of thiazole rings is 1. The lowest BCUT2D eigenvalue weighted by molar-refractivity contribution is -0.118. The Morgan fingerprint density at radius 2 is 1.81 bits per heavy atom. The molecule has 0 radical (unpaired) electrons. The van der Waals surface area contributed by atoms with E-state index in [1.54, 1.807) is 19.1 Å². The Bertz CT molecular complexity index is 1060. The van der Waals surface area contributed by atoms with E-state index in [2.05, 4.69) is 0 Å². The van der Waals surface area contributed by atoms with E-state index in [9.17, 15) is 4.79 Å². The van der Waals surface area contributed by atoms with Gasteiger partial charge >= 0.3 is 0 Å². The van der Waals surface area contributed by atoms with Gasteiger partial charge in [-0.05, 0) is 56.4 Å². The topological polar surface area (TPSA) is 54.9 Å². The number of hydrogen-bond donors (Lipinski definition) is 0. The fraction of sp³-hybridized carbons (Fsp3) is 0.364. The van der Waals surface area contributed by atoms with Gasteiger partial charge in [-0.3, -0.25) is 9.69 Å². The first kappa shape index (κ1) is 25.2. The number of hydrogen-bond acceptors (Lipinski definition) is 6. The summed E-state index contributed by atoms with van der Waals surface area (Å²) in [5.74, 6) is 1.22. The molecular formula is C22H27Cl2N3O3S. The summed E-state index contributed by atoms with van der Waals surface area (Å²) >= 11 is 7.69. The van der Waals surface area contributed by atoms with Gasteiger partial charge in [-0.2, -0.15) is 0 Å². The van der Waals surface area contributed by atoms with Crippen LogP contribution in [0.15, 0.2) is 30.3 Å². The average Bonchev–Trinajstić information content (AvgIpc) is 3.11. The lowest BCUT2D eigenvalue weighted by atomic mass is 10.1. The van der Waals surface area contributed by atoms with Crippen LogP contribution >= 0.6 is 35.3 Å². The van der Waals surface area contributed by atoms with Crippen molar-refractivity contribution in [1.82, 2.24) is 9.88 Å². The smallest absolute Gasteiger partial charge is 0.233 e. The number of ether oxygens (including phenoxy) is 2. The van der Waals surface area contributed by atoms with Gasteiger partial charge in [0.25, 0.3) is 0 Å². The zero-order valence-electron chi connectivity index (χ0n) is 18.3. The molecule has 1 aromatic heterocycles. The summed E-state index contributed by atoms with van der Waals surface area (Å²) in [5, 5.41) is 1.36. The van der Waals surface area contributed by atoms with Crippen LogP contribution in [-0.4, -0.2) is 57.2 Å². The van der Waals surface area contributed by atoms with Crippen molar-refractivity contribution in [3.05, 3.63) is 46.5 Å². The van der Waals surface area contributed by atoms with Crippen molar-refractivity contribution in [2.75, 3.05) is 46.3 Å². The molecule has 0 bridgehead atoms. The molecule has 0 fully saturated rings. The summed E-state index contributed by atoms with van der Waals surface area (Å²) in [5.41, 5.74) is 2.74. The van der Waals surface area contributed by atoms with E-state index in [0.717, 1.165) is 27.9 Å². The number of carbonyl (C=O) groups excluding carboxylic acids is 1. The lowest BCUT2D eigenvalue weighted by Gasteiger charge is -2.22. The molecule has 1 amide bonds. The van der Waals surface area contributed by atoms with Crippen LogP contribution in [0.3, 0.4) is 0 Å². The van der Waals surface area contributed by atoms with Gasteiger partial charge in [0.1, 0.15) is 0 Å². The van der Waals surface area contributed by atoms with Gasteiger partial charge in [0, 0.05) is 18.1 Å². The van der Waals surface area contributed by atoms with Crippen molar-refractivity contribution in [2.45, 2.75) is 13.3 Å². The van der Waals surface area contributed by atoms with Crippen LogP contribution in [-0.2, 0) is 11.2 Å². The maximum Gasteiger partial charge on any atom is 0.233 e. The molecule has 0 atom stereocenters. The first-order chi connectivity index (χ1) is 14.3. The largest absolute Gasteiger partial charge is 0.493 e. The van der Waals surface area contributed by atoms with Gasteiger partial charge < -0.3 is 14.4 Å². The third-order valence-corrected chi connectivity index (χ3v) is 5.99. The van der Waals surface area contributed by atoms with Crippen molar-refractivity contribution < 1.29 is 14.3 Å². The van der Waals surface area contributed by atoms with E-state index >= 15 is 0 Å².